The molecule has 0 aromatic heterocycles. The maximum absolute atomic E-state index is 11.4. The van der Waals surface area contributed by atoms with Crippen molar-refractivity contribution in [2.75, 3.05) is 13.2 Å². The second-order valence-corrected chi connectivity index (χ2v) is 5.35. The number of nitrogens with one attached hydrogen (secondary N) is 1. The lowest BCUT2D eigenvalue weighted by Gasteiger charge is -2.09. The largest absolute Gasteiger partial charge is 0.480 e. The van der Waals surface area contributed by atoms with Crippen molar-refractivity contribution in [1.82, 2.24) is 5.32 Å². The van der Waals surface area contributed by atoms with Crippen molar-refractivity contribution in [3.63, 3.8) is 0 Å². The zero-order chi connectivity index (χ0) is 14.5. The van der Waals surface area contributed by atoms with E-state index in [-0.39, 0.29) is 6.54 Å². The van der Waals surface area contributed by atoms with E-state index in [1.165, 1.54) is 0 Å². The third-order valence-electron chi connectivity index (χ3n) is 4.03. The van der Waals surface area contributed by atoms with Gasteiger partial charge in [0, 0.05) is 19.4 Å². The average Bonchev–Trinajstić information content (AvgIpc) is 3.03. The van der Waals surface area contributed by atoms with Gasteiger partial charge in [-0.05, 0) is 30.6 Å². The normalized spacial score (nSPS) is 28.8. The predicted octanol–water partition coefficient (Wildman–Crippen LogP) is 0.564. The van der Waals surface area contributed by atoms with E-state index >= 15 is 0 Å². The number of carboxylic acid groups (broad SMARTS) is 1. The van der Waals surface area contributed by atoms with Gasteiger partial charge in [-0.2, -0.15) is 0 Å². The van der Waals surface area contributed by atoms with Gasteiger partial charge in [0.25, 0.3) is 0 Å². The molecule has 1 fully saturated rings. The lowest BCUT2D eigenvalue weighted by Crippen LogP contribution is -2.42. The number of hydrogen-bond donors (Lipinski definition) is 3. The molecule has 0 aliphatic heterocycles. The summed E-state index contributed by atoms with van der Waals surface area (Å²) in [7, 11) is 0. The number of rotatable bonds is 5. The Balaban J connectivity index is 1.64. The van der Waals surface area contributed by atoms with Crippen molar-refractivity contribution < 1.29 is 19.4 Å². The molecular formula is C14H20N2O4. The van der Waals surface area contributed by atoms with Crippen LogP contribution >= 0.6 is 0 Å². The summed E-state index contributed by atoms with van der Waals surface area (Å²) in [6, 6.07) is -1.10. The summed E-state index contributed by atoms with van der Waals surface area (Å²) in [6.07, 6.45) is 3.42. The fourth-order valence-electron chi connectivity index (χ4n) is 2.79. The van der Waals surface area contributed by atoms with Crippen LogP contribution in [0.1, 0.15) is 25.7 Å². The molecule has 0 aromatic rings. The van der Waals surface area contributed by atoms with Crippen LogP contribution in [0.15, 0.2) is 0 Å². The first-order valence-electron chi connectivity index (χ1n) is 6.94. The molecular weight excluding hydrogens is 260 g/mol. The summed E-state index contributed by atoms with van der Waals surface area (Å²) in [6.45, 7) is 0.267. The number of carbonyl (C=O) groups excluding carboxylic acids is 1. The highest BCUT2D eigenvalue weighted by atomic mass is 16.5. The Labute approximate surface area is 118 Å². The lowest BCUT2D eigenvalue weighted by molar-refractivity contribution is -0.138. The van der Waals surface area contributed by atoms with Crippen LogP contribution in [0.5, 0.6) is 0 Å². The molecule has 0 bridgehead atoms. The number of carbonyl (C=O) groups is 2. The first kappa shape index (κ1) is 14.7. The van der Waals surface area contributed by atoms with Crippen LogP contribution in [-0.2, 0) is 9.53 Å². The van der Waals surface area contributed by atoms with Gasteiger partial charge in [0.2, 0.25) is 0 Å². The molecule has 0 saturated heterocycles. The smallest absolute Gasteiger partial charge is 0.407 e. The molecule has 1 amide bonds. The fraction of sp³-hybridized carbons (Fsp3) is 0.714. The Kier molecular flexibility index (Phi) is 4.85. The van der Waals surface area contributed by atoms with Gasteiger partial charge in [0.05, 0.1) is 6.61 Å². The van der Waals surface area contributed by atoms with E-state index in [1.54, 1.807) is 0 Å². The summed E-state index contributed by atoms with van der Waals surface area (Å²) in [5.41, 5.74) is 5.28. The van der Waals surface area contributed by atoms with E-state index in [4.69, 9.17) is 15.6 Å². The highest BCUT2D eigenvalue weighted by molar-refractivity contribution is 5.75. The quantitative estimate of drug-likeness (QED) is 0.639. The molecule has 1 saturated carbocycles. The molecule has 0 spiro atoms. The minimum atomic E-state index is -1.15. The second-order valence-electron chi connectivity index (χ2n) is 5.35. The van der Waals surface area contributed by atoms with E-state index in [9.17, 15) is 9.59 Å². The number of aliphatic carboxylic acids is 1. The highest BCUT2D eigenvalue weighted by Crippen LogP contribution is 2.52. The zero-order valence-corrected chi connectivity index (χ0v) is 11.3. The summed E-state index contributed by atoms with van der Waals surface area (Å²) in [4.78, 5) is 21.9. The number of alkyl carbamates (subject to hydrolysis) is 1. The number of nitrogens with two attached hydrogens (primary N) is 1. The van der Waals surface area contributed by atoms with Gasteiger partial charge in [-0.3, -0.25) is 4.79 Å². The van der Waals surface area contributed by atoms with Gasteiger partial charge in [-0.15, -0.1) is 11.8 Å². The first-order chi connectivity index (χ1) is 9.59. The molecule has 0 heterocycles. The van der Waals surface area contributed by atoms with Crippen molar-refractivity contribution in [3.05, 3.63) is 0 Å². The summed E-state index contributed by atoms with van der Waals surface area (Å²) < 4.78 is 5.13. The van der Waals surface area contributed by atoms with Crippen molar-refractivity contribution in [1.29, 1.82) is 0 Å². The molecule has 6 heteroatoms. The van der Waals surface area contributed by atoms with Gasteiger partial charge < -0.3 is 20.9 Å². The number of ether oxygens (including phenoxy) is 1. The van der Waals surface area contributed by atoms with Gasteiger partial charge in [-0.25, -0.2) is 4.79 Å². The molecule has 0 radical (unpaired) electrons. The Bertz CT molecular complexity index is 422. The van der Waals surface area contributed by atoms with Gasteiger partial charge >= 0.3 is 12.1 Å². The summed E-state index contributed by atoms with van der Waals surface area (Å²) in [5, 5.41) is 10.9. The van der Waals surface area contributed by atoms with Crippen molar-refractivity contribution in [2.24, 2.45) is 23.5 Å². The predicted molar refractivity (Wildman–Crippen MR) is 71.7 cm³/mol. The SMILES string of the molecule is N[C@@H](CNC(=O)OCC1[C@H]2CCC#CCC[C@@H]12)C(=O)O. The maximum Gasteiger partial charge on any atom is 0.407 e. The third kappa shape index (κ3) is 3.87. The Morgan fingerprint density at radius 3 is 2.45 bits per heavy atom. The Morgan fingerprint density at radius 2 is 1.90 bits per heavy atom. The van der Waals surface area contributed by atoms with Crippen molar-refractivity contribution in [2.45, 2.75) is 31.7 Å². The topological polar surface area (TPSA) is 102 Å². The maximum atomic E-state index is 11.4. The molecule has 1 unspecified atom stereocenters. The van der Waals surface area contributed by atoms with Crippen LogP contribution in [0.4, 0.5) is 4.79 Å². The minimum absolute atomic E-state index is 0.125. The molecule has 6 nitrogen and oxygen atoms in total. The van der Waals surface area contributed by atoms with Crippen LogP contribution in [-0.4, -0.2) is 36.4 Å². The van der Waals surface area contributed by atoms with E-state index in [2.05, 4.69) is 17.2 Å². The monoisotopic (exact) mass is 280 g/mol. The van der Waals surface area contributed by atoms with Crippen LogP contribution in [0, 0.1) is 29.6 Å². The van der Waals surface area contributed by atoms with Crippen LogP contribution in [0.25, 0.3) is 0 Å². The van der Waals surface area contributed by atoms with Crippen LogP contribution < -0.4 is 11.1 Å². The van der Waals surface area contributed by atoms with Gasteiger partial charge in [0.1, 0.15) is 6.04 Å². The standard InChI is InChI=1S/C14H20N2O4/c15-12(13(17)18)7-16-14(19)20-8-11-9-5-3-1-2-4-6-10(9)11/h9-12H,3-8,15H2,(H,16,19)(H,17,18)/t9-,10+,11?,12-/m0/s1. The van der Waals surface area contributed by atoms with E-state index in [0.717, 1.165) is 25.7 Å². The summed E-state index contributed by atoms with van der Waals surface area (Å²) in [5.74, 6) is 6.79. The molecule has 110 valence electrons. The molecule has 2 aliphatic carbocycles. The van der Waals surface area contributed by atoms with Crippen LogP contribution in [0.3, 0.4) is 0 Å². The van der Waals surface area contributed by atoms with Crippen LogP contribution in [0.2, 0.25) is 0 Å². The Hall–Kier alpha value is -1.74. The highest BCUT2D eigenvalue weighted by Gasteiger charge is 2.49. The Morgan fingerprint density at radius 1 is 1.30 bits per heavy atom. The van der Waals surface area contributed by atoms with Gasteiger partial charge in [0.15, 0.2) is 0 Å². The number of carboxylic acids is 1. The third-order valence-corrected chi connectivity index (χ3v) is 4.03. The fourth-order valence-corrected chi connectivity index (χ4v) is 2.79. The molecule has 20 heavy (non-hydrogen) atoms. The number of hydrogen-bond acceptors (Lipinski definition) is 4. The zero-order valence-electron chi connectivity index (χ0n) is 11.3. The molecule has 2 aliphatic rings. The molecule has 4 atom stereocenters. The molecule has 4 N–H and O–H groups in total. The number of fused-ring (bicyclic) bond motifs is 1. The van der Waals surface area contributed by atoms with Crippen molar-refractivity contribution >= 4 is 12.1 Å². The van der Waals surface area contributed by atoms with Crippen molar-refractivity contribution in [3.8, 4) is 11.8 Å². The van der Waals surface area contributed by atoms with E-state index in [1.807, 2.05) is 0 Å². The second kappa shape index (κ2) is 6.62. The summed E-state index contributed by atoms with van der Waals surface area (Å²) >= 11 is 0. The first-order valence-corrected chi connectivity index (χ1v) is 6.94. The van der Waals surface area contributed by atoms with E-state index in [0.29, 0.717) is 24.4 Å². The van der Waals surface area contributed by atoms with Gasteiger partial charge in [-0.1, -0.05) is 0 Å². The average molecular weight is 280 g/mol. The number of amides is 1. The molecule has 0 aromatic carbocycles. The molecule has 2 rings (SSSR count). The minimum Gasteiger partial charge on any atom is -0.480 e. The lowest BCUT2D eigenvalue weighted by atomic mass is 10.1. The van der Waals surface area contributed by atoms with E-state index < -0.39 is 18.1 Å².